The summed E-state index contributed by atoms with van der Waals surface area (Å²) >= 11 is 1.84. The number of nitrogens with one attached hydrogen (secondary N) is 1. The van der Waals surface area contributed by atoms with Gasteiger partial charge in [-0.1, -0.05) is 0 Å². The van der Waals surface area contributed by atoms with Gasteiger partial charge in [-0.05, 0) is 30.4 Å². The fraction of sp³-hybridized carbons (Fsp3) is 0.364. The molecule has 5 heteroatoms. The molecule has 1 aromatic rings. The fourth-order valence-corrected chi connectivity index (χ4v) is 2.81. The van der Waals surface area contributed by atoms with Crippen LogP contribution in [0.15, 0.2) is 18.2 Å². The number of anilines is 1. The van der Waals surface area contributed by atoms with Gasteiger partial charge in [-0.25, -0.2) is 4.39 Å². The van der Waals surface area contributed by atoms with Crippen molar-refractivity contribution in [3.8, 4) is 0 Å². The number of carbonyl (C=O) groups excluding carboxylic acids is 1. The number of halogens is 1. The van der Waals surface area contributed by atoms with Crippen molar-refractivity contribution < 1.29 is 9.18 Å². The highest BCUT2D eigenvalue weighted by molar-refractivity contribution is 7.99. The summed E-state index contributed by atoms with van der Waals surface area (Å²) in [5, 5.41) is 3.10. The Balaban J connectivity index is 2.17. The summed E-state index contributed by atoms with van der Waals surface area (Å²) < 4.78 is 13.5. The Morgan fingerprint density at radius 1 is 1.56 bits per heavy atom. The lowest BCUT2D eigenvalue weighted by atomic mass is 10.1. The topological polar surface area (TPSA) is 55.1 Å². The molecule has 2 rings (SSSR count). The van der Waals surface area contributed by atoms with Crippen LogP contribution in [0, 0.1) is 5.82 Å². The third-order valence-corrected chi connectivity index (χ3v) is 3.70. The molecule has 1 aromatic carbocycles. The first-order valence-electron chi connectivity index (χ1n) is 5.10. The normalized spacial score (nSPS) is 19.7. The highest BCUT2D eigenvalue weighted by atomic mass is 32.2. The molecule has 0 spiro atoms. The first-order valence-corrected chi connectivity index (χ1v) is 6.26. The monoisotopic (exact) mass is 240 g/mol. The average Bonchev–Trinajstić information content (AvgIpc) is 2.73. The molecule has 1 aliphatic heterocycles. The van der Waals surface area contributed by atoms with Crippen molar-refractivity contribution in [2.75, 3.05) is 16.8 Å². The number of amides is 1. The maximum absolute atomic E-state index is 13.5. The van der Waals surface area contributed by atoms with Crippen molar-refractivity contribution >= 4 is 23.4 Å². The van der Waals surface area contributed by atoms with Gasteiger partial charge >= 0.3 is 0 Å². The molecule has 1 atom stereocenters. The summed E-state index contributed by atoms with van der Waals surface area (Å²) in [6, 6.07) is 4.42. The van der Waals surface area contributed by atoms with Crippen LogP contribution in [0.25, 0.3) is 0 Å². The van der Waals surface area contributed by atoms with Crippen LogP contribution in [0.3, 0.4) is 0 Å². The van der Waals surface area contributed by atoms with E-state index in [1.165, 1.54) is 18.2 Å². The molecule has 1 saturated heterocycles. The second-order valence-corrected chi connectivity index (χ2v) is 4.91. The van der Waals surface area contributed by atoms with E-state index in [9.17, 15) is 9.18 Å². The third kappa shape index (κ3) is 2.47. The van der Waals surface area contributed by atoms with Gasteiger partial charge in [0.15, 0.2) is 0 Å². The van der Waals surface area contributed by atoms with Gasteiger partial charge in [-0.15, -0.1) is 0 Å². The molecule has 0 bridgehead atoms. The maximum atomic E-state index is 13.5. The Labute approximate surface area is 97.6 Å². The molecule has 0 saturated carbocycles. The standard InChI is InChI=1S/C11H13FN2OS/c12-9-2-1-7(11(13)15)5-10(9)14-8-3-4-16-6-8/h1-2,5,8,14H,3-4,6H2,(H2,13,15). The van der Waals surface area contributed by atoms with Crippen LogP contribution < -0.4 is 11.1 Å². The second kappa shape index (κ2) is 4.74. The van der Waals surface area contributed by atoms with Crippen LogP contribution in [0.2, 0.25) is 0 Å². The third-order valence-electron chi connectivity index (χ3n) is 2.54. The quantitative estimate of drug-likeness (QED) is 0.847. The maximum Gasteiger partial charge on any atom is 0.248 e. The molecule has 1 amide bonds. The first-order chi connectivity index (χ1) is 7.66. The largest absolute Gasteiger partial charge is 0.379 e. The zero-order valence-corrected chi connectivity index (χ0v) is 9.52. The predicted molar refractivity (Wildman–Crippen MR) is 64.3 cm³/mol. The highest BCUT2D eigenvalue weighted by Crippen LogP contribution is 2.23. The number of carbonyl (C=O) groups is 1. The molecular weight excluding hydrogens is 227 g/mol. The molecule has 3 N–H and O–H groups in total. The Morgan fingerprint density at radius 3 is 3.00 bits per heavy atom. The summed E-state index contributed by atoms with van der Waals surface area (Å²) in [5.74, 6) is 1.18. The van der Waals surface area contributed by atoms with E-state index in [0.29, 0.717) is 11.3 Å². The van der Waals surface area contributed by atoms with Crippen molar-refractivity contribution in [2.24, 2.45) is 5.73 Å². The molecule has 1 heterocycles. The zero-order valence-electron chi connectivity index (χ0n) is 8.70. The minimum absolute atomic E-state index is 0.280. The van der Waals surface area contributed by atoms with Gasteiger partial charge in [0.05, 0.1) is 5.69 Å². The summed E-state index contributed by atoms with van der Waals surface area (Å²) in [7, 11) is 0. The molecule has 1 unspecified atom stereocenters. The van der Waals surface area contributed by atoms with Gasteiger partial charge in [-0.3, -0.25) is 4.79 Å². The molecule has 0 aromatic heterocycles. The van der Waals surface area contributed by atoms with Gasteiger partial charge in [-0.2, -0.15) is 11.8 Å². The van der Waals surface area contributed by atoms with E-state index < -0.39 is 5.91 Å². The Hall–Kier alpha value is -1.23. The van der Waals surface area contributed by atoms with E-state index in [-0.39, 0.29) is 11.9 Å². The number of benzene rings is 1. The lowest BCUT2D eigenvalue weighted by Crippen LogP contribution is -2.20. The lowest BCUT2D eigenvalue weighted by Gasteiger charge is -2.14. The molecule has 86 valence electrons. The van der Waals surface area contributed by atoms with Crippen molar-refractivity contribution in [3.63, 3.8) is 0 Å². The summed E-state index contributed by atoms with van der Waals surface area (Å²) in [6.45, 7) is 0. The highest BCUT2D eigenvalue weighted by Gasteiger charge is 2.17. The number of rotatable bonds is 3. The summed E-state index contributed by atoms with van der Waals surface area (Å²) in [5.41, 5.74) is 5.84. The molecule has 3 nitrogen and oxygen atoms in total. The SMILES string of the molecule is NC(=O)c1ccc(F)c(NC2CCSC2)c1. The van der Waals surface area contributed by atoms with Gasteiger partial charge in [0.2, 0.25) is 5.91 Å². The van der Waals surface area contributed by atoms with Crippen LogP contribution in [-0.4, -0.2) is 23.5 Å². The van der Waals surface area contributed by atoms with E-state index in [1.807, 2.05) is 11.8 Å². The van der Waals surface area contributed by atoms with E-state index in [4.69, 9.17) is 5.73 Å². The Kier molecular flexibility index (Phi) is 3.33. The predicted octanol–water partition coefficient (Wildman–Crippen LogP) is 1.84. The minimum Gasteiger partial charge on any atom is -0.379 e. The van der Waals surface area contributed by atoms with Crippen molar-refractivity contribution in [3.05, 3.63) is 29.6 Å². The summed E-state index contributed by atoms with van der Waals surface area (Å²) in [6.07, 6.45) is 1.02. The van der Waals surface area contributed by atoms with Crippen LogP contribution in [0.4, 0.5) is 10.1 Å². The van der Waals surface area contributed by atoms with Gasteiger partial charge < -0.3 is 11.1 Å². The molecular formula is C11H13FN2OS. The Morgan fingerprint density at radius 2 is 2.38 bits per heavy atom. The fourth-order valence-electron chi connectivity index (χ4n) is 1.66. The minimum atomic E-state index is -0.538. The van der Waals surface area contributed by atoms with Crippen LogP contribution in [0.1, 0.15) is 16.8 Å². The molecule has 0 radical (unpaired) electrons. The zero-order chi connectivity index (χ0) is 11.5. The number of hydrogen-bond acceptors (Lipinski definition) is 3. The smallest absolute Gasteiger partial charge is 0.248 e. The van der Waals surface area contributed by atoms with Crippen LogP contribution in [-0.2, 0) is 0 Å². The van der Waals surface area contributed by atoms with E-state index in [0.717, 1.165) is 17.9 Å². The van der Waals surface area contributed by atoms with Crippen LogP contribution in [0.5, 0.6) is 0 Å². The summed E-state index contributed by atoms with van der Waals surface area (Å²) in [4.78, 5) is 11.0. The van der Waals surface area contributed by atoms with Crippen LogP contribution >= 0.6 is 11.8 Å². The number of primary amides is 1. The van der Waals surface area contributed by atoms with Gasteiger partial charge in [0.1, 0.15) is 5.82 Å². The first kappa shape index (κ1) is 11.3. The Bertz CT molecular complexity index is 405. The van der Waals surface area contributed by atoms with E-state index >= 15 is 0 Å². The second-order valence-electron chi connectivity index (χ2n) is 3.76. The molecule has 1 aliphatic rings. The average molecular weight is 240 g/mol. The van der Waals surface area contributed by atoms with Gasteiger partial charge in [0.25, 0.3) is 0 Å². The number of thioether (sulfide) groups is 1. The van der Waals surface area contributed by atoms with Gasteiger partial charge in [0, 0.05) is 17.4 Å². The molecule has 16 heavy (non-hydrogen) atoms. The van der Waals surface area contributed by atoms with E-state index in [1.54, 1.807) is 0 Å². The molecule has 0 aliphatic carbocycles. The van der Waals surface area contributed by atoms with Crippen molar-refractivity contribution in [2.45, 2.75) is 12.5 Å². The number of nitrogens with two attached hydrogens (primary N) is 1. The molecule has 1 fully saturated rings. The van der Waals surface area contributed by atoms with Crippen molar-refractivity contribution in [1.29, 1.82) is 0 Å². The van der Waals surface area contributed by atoms with Crippen molar-refractivity contribution in [1.82, 2.24) is 0 Å². The number of hydrogen-bond donors (Lipinski definition) is 2. The van der Waals surface area contributed by atoms with E-state index in [2.05, 4.69) is 5.32 Å². The lowest BCUT2D eigenvalue weighted by molar-refractivity contribution is 0.100.